The molecule has 2 aromatic carbocycles. The van der Waals surface area contributed by atoms with Gasteiger partial charge in [-0.1, -0.05) is 24.3 Å². The van der Waals surface area contributed by atoms with Crippen molar-refractivity contribution in [3.05, 3.63) is 71.1 Å². The first-order valence-corrected chi connectivity index (χ1v) is 10.4. The third-order valence-electron chi connectivity index (χ3n) is 4.86. The van der Waals surface area contributed by atoms with Crippen LogP contribution < -0.4 is 15.0 Å². The first-order chi connectivity index (χ1) is 14.5. The van der Waals surface area contributed by atoms with Crippen molar-refractivity contribution in [2.45, 2.75) is 0 Å². The first kappa shape index (κ1) is 18.5. The maximum Gasteiger partial charge on any atom is 0.265 e. The van der Waals surface area contributed by atoms with Gasteiger partial charge in [0, 0.05) is 11.9 Å². The van der Waals surface area contributed by atoms with E-state index >= 15 is 0 Å². The minimum absolute atomic E-state index is 0.0577. The molecule has 3 aromatic rings. The second-order valence-electron chi connectivity index (χ2n) is 6.73. The van der Waals surface area contributed by atoms with Crippen LogP contribution in [0.3, 0.4) is 0 Å². The molecule has 0 spiro atoms. The Morgan fingerprint density at radius 3 is 2.27 bits per heavy atom. The van der Waals surface area contributed by atoms with E-state index < -0.39 is 11.8 Å². The van der Waals surface area contributed by atoms with Crippen molar-refractivity contribution in [3.63, 3.8) is 0 Å². The van der Waals surface area contributed by atoms with Gasteiger partial charge < -0.3 is 4.74 Å². The summed E-state index contributed by atoms with van der Waals surface area (Å²) in [5.74, 6) is 0.629. The molecule has 2 aliphatic rings. The van der Waals surface area contributed by atoms with Gasteiger partial charge in [-0.2, -0.15) is 0 Å². The standard InChI is InChI=1S/C22H15N3O3S2/c1-24-21(27)14(20(26)23-22(24)29)12-13-10-11-19(30-13)25-15-6-2-4-8-17(15)28-18-9-5-3-7-16(18)25/h2-12H,1H3,(H,23,26,29)/b14-12+. The van der Waals surface area contributed by atoms with Gasteiger partial charge in [-0.15, -0.1) is 11.3 Å². The Morgan fingerprint density at radius 2 is 1.60 bits per heavy atom. The van der Waals surface area contributed by atoms with Crippen molar-refractivity contribution in [1.29, 1.82) is 0 Å². The Bertz CT molecular complexity index is 1200. The van der Waals surface area contributed by atoms with Crippen LogP contribution in [0.1, 0.15) is 4.88 Å². The lowest BCUT2D eigenvalue weighted by atomic mass is 10.1. The van der Waals surface area contributed by atoms with Crippen LogP contribution >= 0.6 is 23.6 Å². The third-order valence-corrected chi connectivity index (χ3v) is 6.25. The van der Waals surface area contributed by atoms with Crippen LogP contribution in [0.25, 0.3) is 6.08 Å². The fraction of sp³-hybridized carbons (Fsp3) is 0.0455. The molecule has 30 heavy (non-hydrogen) atoms. The number of anilines is 3. The monoisotopic (exact) mass is 433 g/mol. The maximum atomic E-state index is 12.5. The first-order valence-electron chi connectivity index (χ1n) is 9.14. The zero-order valence-electron chi connectivity index (χ0n) is 15.8. The van der Waals surface area contributed by atoms with E-state index in [0.29, 0.717) is 0 Å². The summed E-state index contributed by atoms with van der Waals surface area (Å²) in [5.41, 5.74) is 1.91. The Kier molecular flexibility index (Phi) is 4.38. The molecule has 6 nitrogen and oxygen atoms in total. The van der Waals surface area contributed by atoms with Crippen molar-refractivity contribution in [1.82, 2.24) is 10.2 Å². The number of carbonyl (C=O) groups is 2. The van der Waals surface area contributed by atoms with Gasteiger partial charge >= 0.3 is 0 Å². The molecular formula is C22H15N3O3S2. The lowest BCUT2D eigenvalue weighted by Gasteiger charge is -2.31. The summed E-state index contributed by atoms with van der Waals surface area (Å²) in [6.07, 6.45) is 1.60. The van der Waals surface area contributed by atoms with Gasteiger partial charge in [-0.3, -0.25) is 24.7 Å². The number of fused-ring (bicyclic) bond motifs is 2. The predicted molar refractivity (Wildman–Crippen MR) is 121 cm³/mol. The smallest absolute Gasteiger partial charge is 0.265 e. The highest BCUT2D eigenvalue weighted by atomic mass is 32.1. The molecule has 5 rings (SSSR count). The zero-order chi connectivity index (χ0) is 20.8. The van der Waals surface area contributed by atoms with Crippen molar-refractivity contribution < 1.29 is 14.3 Å². The van der Waals surface area contributed by atoms with E-state index in [2.05, 4.69) is 10.2 Å². The van der Waals surface area contributed by atoms with Crippen molar-refractivity contribution in [2.75, 3.05) is 11.9 Å². The van der Waals surface area contributed by atoms with Crippen LogP contribution in [0.5, 0.6) is 11.5 Å². The minimum atomic E-state index is -0.486. The fourth-order valence-corrected chi connectivity index (χ4v) is 4.52. The molecule has 1 aromatic heterocycles. The van der Waals surface area contributed by atoms with Crippen LogP contribution in [0.2, 0.25) is 0 Å². The van der Waals surface area contributed by atoms with Gasteiger partial charge in [0.2, 0.25) is 0 Å². The van der Waals surface area contributed by atoms with Crippen molar-refractivity contribution in [3.8, 4) is 11.5 Å². The average molecular weight is 434 g/mol. The Morgan fingerprint density at radius 1 is 0.967 bits per heavy atom. The molecular weight excluding hydrogens is 418 g/mol. The van der Waals surface area contributed by atoms with Gasteiger partial charge in [0.05, 0.1) is 11.4 Å². The molecule has 0 bridgehead atoms. The Labute approximate surface area is 182 Å². The van der Waals surface area contributed by atoms with Crippen LogP contribution in [0.4, 0.5) is 16.4 Å². The van der Waals surface area contributed by atoms with E-state index in [4.69, 9.17) is 17.0 Å². The number of benzene rings is 2. The predicted octanol–water partition coefficient (Wildman–Crippen LogP) is 4.58. The molecule has 0 unspecified atom stereocenters. The number of likely N-dealkylation sites (N-methyl/N-ethyl adjacent to an activating group) is 1. The highest BCUT2D eigenvalue weighted by Crippen LogP contribution is 2.51. The van der Waals surface area contributed by atoms with Crippen molar-refractivity contribution in [2.24, 2.45) is 0 Å². The molecule has 0 saturated carbocycles. The van der Waals surface area contributed by atoms with Gasteiger partial charge in [0.25, 0.3) is 11.8 Å². The minimum Gasteiger partial charge on any atom is -0.453 e. The summed E-state index contributed by atoms with van der Waals surface area (Å²) in [5, 5.41) is 3.58. The van der Waals surface area contributed by atoms with Crippen LogP contribution in [0, 0.1) is 0 Å². The highest BCUT2D eigenvalue weighted by molar-refractivity contribution is 7.80. The van der Waals surface area contributed by atoms with E-state index in [1.54, 1.807) is 13.1 Å². The number of ether oxygens (including phenoxy) is 1. The number of amides is 2. The number of hydrogen-bond acceptors (Lipinski definition) is 6. The third kappa shape index (κ3) is 2.97. The van der Waals surface area contributed by atoms with E-state index in [0.717, 1.165) is 32.8 Å². The summed E-state index contributed by atoms with van der Waals surface area (Å²) in [6.45, 7) is 0. The van der Waals surface area contributed by atoms with Crippen LogP contribution in [-0.2, 0) is 9.59 Å². The summed E-state index contributed by atoms with van der Waals surface area (Å²) in [6, 6.07) is 19.5. The molecule has 0 aliphatic carbocycles. The Balaban J connectivity index is 1.56. The number of thiocarbonyl (C=S) groups is 1. The highest BCUT2D eigenvalue weighted by Gasteiger charge is 2.31. The molecule has 1 fully saturated rings. The fourth-order valence-electron chi connectivity index (χ4n) is 3.37. The Hall–Kier alpha value is -3.49. The number of thiophene rings is 1. The molecule has 0 radical (unpaired) electrons. The molecule has 8 heteroatoms. The largest absolute Gasteiger partial charge is 0.453 e. The van der Waals surface area contributed by atoms with E-state index in [9.17, 15) is 9.59 Å². The molecule has 148 valence electrons. The number of para-hydroxylation sites is 4. The van der Waals surface area contributed by atoms with Gasteiger partial charge in [0.1, 0.15) is 10.6 Å². The van der Waals surface area contributed by atoms with Gasteiger partial charge in [0.15, 0.2) is 16.6 Å². The topological polar surface area (TPSA) is 61.9 Å². The second-order valence-corrected chi connectivity index (χ2v) is 8.21. The molecule has 2 amide bonds. The lowest BCUT2D eigenvalue weighted by molar-refractivity contribution is -0.128. The number of carbonyl (C=O) groups excluding carboxylic acids is 2. The van der Waals surface area contributed by atoms with Gasteiger partial charge in [-0.05, 0) is 54.7 Å². The molecule has 0 atom stereocenters. The number of nitrogens with one attached hydrogen (secondary N) is 1. The van der Waals surface area contributed by atoms with Crippen molar-refractivity contribution >= 4 is 62.9 Å². The molecule has 2 aliphatic heterocycles. The second kappa shape index (κ2) is 7.08. The summed E-state index contributed by atoms with van der Waals surface area (Å²) in [7, 11) is 1.54. The summed E-state index contributed by atoms with van der Waals surface area (Å²) in [4.78, 5) is 28.9. The zero-order valence-corrected chi connectivity index (χ0v) is 17.4. The van der Waals surface area contributed by atoms with E-state index in [1.165, 1.54) is 16.2 Å². The summed E-state index contributed by atoms with van der Waals surface area (Å²) < 4.78 is 6.04. The normalized spacial score (nSPS) is 16.8. The number of nitrogens with zero attached hydrogens (tertiary/aromatic N) is 2. The maximum absolute atomic E-state index is 12.5. The van der Waals surface area contributed by atoms with Crippen LogP contribution in [0.15, 0.2) is 66.2 Å². The molecule has 3 heterocycles. The average Bonchev–Trinajstić information content (AvgIpc) is 3.21. The lowest BCUT2D eigenvalue weighted by Crippen LogP contribution is -2.52. The van der Waals surface area contributed by atoms with E-state index in [-0.39, 0.29) is 10.7 Å². The molecule has 1 saturated heterocycles. The molecule has 1 N–H and O–H groups in total. The SMILES string of the molecule is CN1C(=O)/C(=C/c2ccc(N3c4ccccc4Oc4ccccc43)s2)C(=O)NC1=S. The quantitative estimate of drug-likeness (QED) is 0.285. The summed E-state index contributed by atoms with van der Waals surface area (Å²) >= 11 is 6.47. The van der Waals surface area contributed by atoms with E-state index in [1.807, 2.05) is 60.7 Å². The number of rotatable bonds is 2. The van der Waals surface area contributed by atoms with Crippen LogP contribution in [-0.4, -0.2) is 28.9 Å². The number of hydrogen-bond donors (Lipinski definition) is 1. The van der Waals surface area contributed by atoms with Gasteiger partial charge in [-0.25, -0.2) is 0 Å².